The number of nitrogens with zero attached hydrogens (tertiary/aromatic N) is 2. The molecule has 1 aliphatic rings. The minimum absolute atomic E-state index is 0.136. The number of carbonyl (C=O) groups excluding carboxylic acids is 1. The standard InChI is InChI=1S/C23H22BrClN2O3S/c1-16-2-5-18(25)14-21(16)26-10-12-27(13-11-26)23(28)22-9-6-19(30-22)15-31(29)20-7-3-17(24)4-8-20/h2-9,14H,10-13,15H2,1H3/t31-/m1/s1. The number of halogens is 2. The SMILES string of the molecule is Cc1ccc(Cl)cc1N1CCN(C(=O)c2ccc(C[S@@](=O)c3ccc(Br)cc3)o2)CC1. The number of furan rings is 1. The first-order valence-electron chi connectivity index (χ1n) is 9.94. The highest BCUT2D eigenvalue weighted by atomic mass is 79.9. The summed E-state index contributed by atoms with van der Waals surface area (Å²) < 4.78 is 19.2. The lowest BCUT2D eigenvalue weighted by molar-refractivity contribution is 0.0713. The van der Waals surface area contributed by atoms with Crippen molar-refractivity contribution in [3.63, 3.8) is 0 Å². The van der Waals surface area contributed by atoms with E-state index in [4.69, 9.17) is 16.0 Å². The first kappa shape index (κ1) is 22.1. The molecule has 0 bridgehead atoms. The monoisotopic (exact) mass is 520 g/mol. The highest BCUT2D eigenvalue weighted by molar-refractivity contribution is 9.10. The first-order valence-corrected chi connectivity index (χ1v) is 12.4. The molecule has 0 N–H and O–H groups in total. The Labute approximate surface area is 197 Å². The largest absolute Gasteiger partial charge is 0.455 e. The van der Waals surface area contributed by atoms with E-state index in [1.165, 1.54) is 5.56 Å². The van der Waals surface area contributed by atoms with Gasteiger partial charge in [0, 0.05) is 46.3 Å². The smallest absolute Gasteiger partial charge is 0.289 e. The summed E-state index contributed by atoms with van der Waals surface area (Å²) in [6.45, 7) is 4.73. The third kappa shape index (κ3) is 5.22. The van der Waals surface area contributed by atoms with Crippen LogP contribution in [0.15, 0.2) is 68.4 Å². The fourth-order valence-electron chi connectivity index (χ4n) is 3.60. The second-order valence-corrected chi connectivity index (χ2v) is 10.2. The maximum absolute atomic E-state index is 12.9. The highest BCUT2D eigenvalue weighted by Crippen LogP contribution is 2.26. The fraction of sp³-hybridized carbons (Fsp3) is 0.261. The van der Waals surface area contributed by atoms with Gasteiger partial charge in [-0.05, 0) is 61.0 Å². The minimum Gasteiger partial charge on any atom is -0.455 e. The lowest BCUT2D eigenvalue weighted by Gasteiger charge is -2.36. The van der Waals surface area contributed by atoms with Crippen molar-refractivity contribution in [3.05, 3.63) is 81.2 Å². The van der Waals surface area contributed by atoms with Crippen molar-refractivity contribution in [3.8, 4) is 0 Å². The van der Waals surface area contributed by atoms with Gasteiger partial charge in [-0.3, -0.25) is 9.00 Å². The van der Waals surface area contributed by atoms with Crippen LogP contribution in [0.5, 0.6) is 0 Å². The molecule has 1 saturated heterocycles. The van der Waals surface area contributed by atoms with Crippen molar-refractivity contribution in [1.82, 2.24) is 4.90 Å². The number of anilines is 1. The third-order valence-electron chi connectivity index (χ3n) is 5.30. The van der Waals surface area contributed by atoms with Gasteiger partial charge in [-0.15, -0.1) is 0 Å². The molecule has 162 valence electrons. The van der Waals surface area contributed by atoms with Crippen molar-refractivity contribution >= 4 is 49.9 Å². The fourth-order valence-corrected chi connectivity index (χ4v) is 5.05. The normalized spacial score (nSPS) is 15.2. The van der Waals surface area contributed by atoms with Gasteiger partial charge in [-0.25, -0.2) is 0 Å². The molecule has 1 atom stereocenters. The van der Waals surface area contributed by atoms with Gasteiger partial charge in [0.15, 0.2) is 5.76 Å². The van der Waals surface area contributed by atoms with Crippen LogP contribution in [-0.4, -0.2) is 41.2 Å². The van der Waals surface area contributed by atoms with Crippen molar-refractivity contribution in [2.75, 3.05) is 31.1 Å². The molecule has 0 unspecified atom stereocenters. The Morgan fingerprint density at radius 3 is 2.48 bits per heavy atom. The number of aryl methyl sites for hydroxylation is 1. The molecule has 4 rings (SSSR count). The Bertz CT molecular complexity index is 1110. The van der Waals surface area contributed by atoms with E-state index >= 15 is 0 Å². The molecule has 1 fully saturated rings. The summed E-state index contributed by atoms with van der Waals surface area (Å²) in [4.78, 5) is 17.7. The summed E-state index contributed by atoms with van der Waals surface area (Å²) in [5, 5.41) is 0.711. The number of hydrogen-bond acceptors (Lipinski definition) is 4. The zero-order valence-corrected chi connectivity index (χ0v) is 20.2. The Morgan fingerprint density at radius 1 is 1.06 bits per heavy atom. The Kier molecular flexibility index (Phi) is 6.84. The van der Waals surface area contributed by atoms with E-state index in [-0.39, 0.29) is 17.4 Å². The molecule has 0 aliphatic carbocycles. The molecule has 3 aromatic rings. The summed E-state index contributed by atoms with van der Waals surface area (Å²) in [5.74, 6) is 0.924. The van der Waals surface area contributed by atoms with Gasteiger partial charge in [0.1, 0.15) is 5.76 Å². The molecule has 8 heteroatoms. The van der Waals surface area contributed by atoms with Crippen LogP contribution in [0.2, 0.25) is 5.02 Å². The van der Waals surface area contributed by atoms with Crippen LogP contribution in [0.25, 0.3) is 0 Å². The van der Waals surface area contributed by atoms with E-state index in [0.717, 1.165) is 28.1 Å². The molecule has 1 aromatic heterocycles. The Hall–Kier alpha value is -2.09. The van der Waals surface area contributed by atoms with Crippen molar-refractivity contribution < 1.29 is 13.4 Å². The van der Waals surface area contributed by atoms with Crippen LogP contribution in [0.4, 0.5) is 5.69 Å². The molecule has 1 amide bonds. The summed E-state index contributed by atoms with van der Waals surface area (Å²) in [5.41, 5.74) is 2.27. The van der Waals surface area contributed by atoms with Gasteiger partial charge in [-0.1, -0.05) is 33.6 Å². The molecule has 2 aromatic carbocycles. The minimum atomic E-state index is -1.23. The van der Waals surface area contributed by atoms with E-state index in [1.807, 2.05) is 42.5 Å². The summed E-state index contributed by atoms with van der Waals surface area (Å²) in [7, 11) is -1.23. The van der Waals surface area contributed by atoms with Crippen molar-refractivity contribution in [2.45, 2.75) is 17.6 Å². The van der Waals surface area contributed by atoms with Crippen LogP contribution in [0.1, 0.15) is 21.9 Å². The maximum atomic E-state index is 12.9. The quantitative estimate of drug-likeness (QED) is 0.459. The number of piperazine rings is 1. The van der Waals surface area contributed by atoms with Crippen LogP contribution in [-0.2, 0) is 16.6 Å². The van der Waals surface area contributed by atoms with Gasteiger partial charge in [-0.2, -0.15) is 0 Å². The molecular formula is C23H22BrClN2O3S. The molecule has 0 saturated carbocycles. The maximum Gasteiger partial charge on any atom is 0.289 e. The van der Waals surface area contributed by atoms with E-state index in [1.54, 1.807) is 17.0 Å². The number of benzene rings is 2. The second-order valence-electron chi connectivity index (χ2n) is 7.42. The average molecular weight is 522 g/mol. The number of amides is 1. The average Bonchev–Trinajstić information content (AvgIpc) is 3.24. The topological polar surface area (TPSA) is 53.8 Å². The summed E-state index contributed by atoms with van der Waals surface area (Å²) >= 11 is 9.53. The molecule has 31 heavy (non-hydrogen) atoms. The van der Waals surface area contributed by atoms with Gasteiger partial charge < -0.3 is 14.2 Å². The predicted molar refractivity (Wildman–Crippen MR) is 127 cm³/mol. The number of carbonyl (C=O) groups is 1. The lowest BCUT2D eigenvalue weighted by atomic mass is 10.1. The number of hydrogen-bond donors (Lipinski definition) is 0. The van der Waals surface area contributed by atoms with Crippen molar-refractivity contribution in [1.29, 1.82) is 0 Å². The van der Waals surface area contributed by atoms with Gasteiger partial charge in [0.2, 0.25) is 0 Å². The van der Waals surface area contributed by atoms with Gasteiger partial charge in [0.05, 0.1) is 16.6 Å². The zero-order valence-electron chi connectivity index (χ0n) is 17.0. The molecule has 5 nitrogen and oxygen atoms in total. The Balaban J connectivity index is 1.36. The van der Waals surface area contributed by atoms with Gasteiger partial charge >= 0.3 is 0 Å². The predicted octanol–water partition coefficient (Wildman–Crippen LogP) is 5.27. The van der Waals surface area contributed by atoms with Crippen LogP contribution >= 0.6 is 27.5 Å². The summed E-state index contributed by atoms with van der Waals surface area (Å²) in [6.07, 6.45) is 0. The highest BCUT2D eigenvalue weighted by Gasteiger charge is 2.25. The first-order chi connectivity index (χ1) is 14.9. The summed E-state index contributed by atoms with van der Waals surface area (Å²) in [6, 6.07) is 16.6. The van der Waals surface area contributed by atoms with E-state index in [9.17, 15) is 9.00 Å². The number of rotatable bonds is 5. The molecular weight excluding hydrogens is 500 g/mol. The second kappa shape index (κ2) is 9.59. The zero-order chi connectivity index (χ0) is 22.0. The van der Waals surface area contributed by atoms with Crippen molar-refractivity contribution in [2.24, 2.45) is 0 Å². The van der Waals surface area contributed by atoms with Gasteiger partial charge in [0.25, 0.3) is 5.91 Å². The Morgan fingerprint density at radius 2 is 1.77 bits per heavy atom. The third-order valence-corrected chi connectivity index (χ3v) is 7.41. The van der Waals surface area contributed by atoms with E-state index < -0.39 is 10.8 Å². The molecule has 1 aliphatic heterocycles. The lowest BCUT2D eigenvalue weighted by Crippen LogP contribution is -2.48. The van der Waals surface area contributed by atoms with E-state index in [0.29, 0.717) is 23.9 Å². The molecule has 2 heterocycles. The van der Waals surface area contributed by atoms with E-state index in [2.05, 4.69) is 27.8 Å². The molecule has 0 radical (unpaired) electrons. The van der Waals surface area contributed by atoms with Crippen LogP contribution < -0.4 is 4.90 Å². The van der Waals surface area contributed by atoms with Crippen LogP contribution in [0, 0.1) is 6.92 Å². The van der Waals surface area contributed by atoms with Crippen LogP contribution in [0.3, 0.4) is 0 Å². The molecule has 0 spiro atoms.